The average Bonchev–Trinajstić information content (AvgIpc) is 3.09. The van der Waals surface area contributed by atoms with Crippen LogP contribution in [-0.4, -0.2) is 40.6 Å². The zero-order valence-corrected chi connectivity index (χ0v) is 17.5. The van der Waals surface area contributed by atoms with E-state index in [1.807, 2.05) is 51.1 Å². The molecule has 0 bridgehead atoms. The van der Waals surface area contributed by atoms with E-state index < -0.39 is 24.0 Å². The number of rotatable bonds is 6. The van der Waals surface area contributed by atoms with E-state index in [4.69, 9.17) is 9.47 Å². The summed E-state index contributed by atoms with van der Waals surface area (Å²) in [5.74, 6) is 5.88. The Morgan fingerprint density at radius 3 is 2.64 bits per heavy atom. The Morgan fingerprint density at radius 1 is 1.29 bits per heavy atom. The first kappa shape index (κ1) is 22.3. The molecule has 0 aliphatic carbocycles. The number of hydrogen-bond donors (Lipinski definition) is 1. The van der Waals surface area contributed by atoms with Gasteiger partial charge in [0.25, 0.3) is 0 Å². The van der Waals surface area contributed by atoms with E-state index in [0.29, 0.717) is 6.61 Å². The number of aliphatic hydroxyl groups excluding tert-OH is 1. The number of benzene rings is 1. The van der Waals surface area contributed by atoms with Crippen LogP contribution in [0.4, 0.5) is 4.79 Å². The van der Waals surface area contributed by atoms with Gasteiger partial charge in [0.05, 0.1) is 12.6 Å². The van der Waals surface area contributed by atoms with Crippen LogP contribution in [0.2, 0.25) is 0 Å². The molecular formula is C23H33NO4. The van der Waals surface area contributed by atoms with Crippen LogP contribution in [0.15, 0.2) is 30.3 Å². The van der Waals surface area contributed by atoms with Crippen molar-refractivity contribution in [2.45, 2.75) is 83.8 Å². The maximum absolute atomic E-state index is 12.9. The SMILES string of the molecule is CCCCCCC#CC(O)[C@H]1OC[C@@H](c2ccccc2)N1C(=O)OC(C)(C)C. The number of ether oxygens (including phenoxy) is 2. The summed E-state index contributed by atoms with van der Waals surface area (Å²) in [5, 5.41) is 10.6. The van der Waals surface area contributed by atoms with Crippen molar-refractivity contribution < 1.29 is 19.4 Å². The number of nitrogens with zero attached hydrogens (tertiary/aromatic N) is 1. The van der Waals surface area contributed by atoms with Crippen molar-refractivity contribution in [1.82, 2.24) is 4.90 Å². The topological polar surface area (TPSA) is 59.0 Å². The second kappa shape index (κ2) is 10.5. The highest BCUT2D eigenvalue weighted by atomic mass is 16.6. The highest BCUT2D eigenvalue weighted by molar-refractivity contribution is 5.69. The van der Waals surface area contributed by atoms with Crippen LogP contribution in [-0.2, 0) is 9.47 Å². The molecule has 1 aliphatic heterocycles. The molecule has 1 N–H and O–H groups in total. The quantitative estimate of drug-likeness (QED) is 0.570. The number of carbonyl (C=O) groups is 1. The minimum atomic E-state index is -1.08. The summed E-state index contributed by atoms with van der Waals surface area (Å²) in [5.41, 5.74) is 0.303. The fourth-order valence-corrected chi connectivity index (χ4v) is 3.14. The normalized spacial score (nSPS) is 20.4. The first-order valence-electron chi connectivity index (χ1n) is 10.2. The number of aliphatic hydroxyl groups is 1. The predicted molar refractivity (Wildman–Crippen MR) is 110 cm³/mol. The molecule has 0 spiro atoms. The summed E-state index contributed by atoms with van der Waals surface area (Å²) < 4.78 is 11.4. The summed E-state index contributed by atoms with van der Waals surface area (Å²) in [4.78, 5) is 14.4. The van der Waals surface area contributed by atoms with Crippen molar-refractivity contribution in [3.63, 3.8) is 0 Å². The van der Waals surface area contributed by atoms with Crippen LogP contribution in [0.25, 0.3) is 0 Å². The van der Waals surface area contributed by atoms with Crippen LogP contribution < -0.4 is 0 Å². The zero-order chi connectivity index (χ0) is 20.6. The van der Waals surface area contributed by atoms with Gasteiger partial charge in [0, 0.05) is 6.42 Å². The molecule has 0 aromatic heterocycles. The standard InChI is InChI=1S/C23H33NO4/c1-5-6-7-8-9-13-16-20(25)21-24(22(26)28-23(2,3)4)19(17-27-21)18-14-11-10-12-15-18/h10-12,14-15,19-21,25H,5-9,17H2,1-4H3/t19-,20?,21+/m0/s1. The Hall–Kier alpha value is -2.03. The van der Waals surface area contributed by atoms with Crippen LogP contribution in [0.1, 0.15) is 71.4 Å². The summed E-state index contributed by atoms with van der Waals surface area (Å²) in [6.07, 6.45) is 2.84. The summed E-state index contributed by atoms with van der Waals surface area (Å²) in [6.45, 7) is 7.92. The molecule has 1 unspecified atom stereocenters. The van der Waals surface area contributed by atoms with Crippen molar-refractivity contribution >= 4 is 6.09 Å². The zero-order valence-electron chi connectivity index (χ0n) is 17.5. The largest absolute Gasteiger partial charge is 0.444 e. The van der Waals surface area contributed by atoms with Gasteiger partial charge >= 0.3 is 6.09 Å². The molecule has 1 heterocycles. The third-order valence-electron chi connectivity index (χ3n) is 4.50. The van der Waals surface area contributed by atoms with Crippen molar-refractivity contribution in [2.75, 3.05) is 6.61 Å². The molecule has 1 aliphatic rings. The average molecular weight is 388 g/mol. The molecule has 1 fully saturated rings. The second-order valence-electron chi connectivity index (χ2n) is 8.11. The van der Waals surface area contributed by atoms with Crippen molar-refractivity contribution in [2.24, 2.45) is 0 Å². The van der Waals surface area contributed by atoms with E-state index in [0.717, 1.165) is 24.8 Å². The molecule has 5 heteroatoms. The first-order valence-corrected chi connectivity index (χ1v) is 10.2. The van der Waals surface area contributed by atoms with Crippen molar-refractivity contribution in [1.29, 1.82) is 0 Å². The van der Waals surface area contributed by atoms with Gasteiger partial charge in [-0.05, 0) is 32.8 Å². The minimum Gasteiger partial charge on any atom is -0.444 e. The summed E-state index contributed by atoms with van der Waals surface area (Å²) in [7, 11) is 0. The molecule has 1 amide bonds. The van der Waals surface area contributed by atoms with Gasteiger partial charge in [0.2, 0.25) is 0 Å². The van der Waals surface area contributed by atoms with Crippen LogP contribution in [0, 0.1) is 11.8 Å². The molecule has 1 saturated heterocycles. The third kappa shape index (κ3) is 6.54. The molecule has 5 nitrogen and oxygen atoms in total. The number of amides is 1. The molecule has 3 atom stereocenters. The Labute approximate surface area is 169 Å². The van der Waals surface area contributed by atoms with E-state index in [1.165, 1.54) is 17.7 Å². The molecule has 1 aromatic carbocycles. The van der Waals surface area contributed by atoms with Gasteiger partial charge < -0.3 is 14.6 Å². The first-order chi connectivity index (χ1) is 13.3. The highest BCUT2D eigenvalue weighted by Gasteiger charge is 2.44. The molecule has 0 saturated carbocycles. The molecule has 28 heavy (non-hydrogen) atoms. The second-order valence-corrected chi connectivity index (χ2v) is 8.11. The monoisotopic (exact) mass is 387 g/mol. The van der Waals surface area contributed by atoms with E-state index in [1.54, 1.807) is 0 Å². The Morgan fingerprint density at radius 2 is 2.00 bits per heavy atom. The summed E-state index contributed by atoms with van der Waals surface area (Å²) >= 11 is 0. The van der Waals surface area contributed by atoms with Gasteiger partial charge in [-0.2, -0.15) is 0 Å². The van der Waals surface area contributed by atoms with Gasteiger partial charge in [-0.1, -0.05) is 62.4 Å². The molecule has 0 radical (unpaired) electrons. The lowest BCUT2D eigenvalue weighted by Crippen LogP contribution is -2.46. The maximum atomic E-state index is 12.9. The fourth-order valence-electron chi connectivity index (χ4n) is 3.14. The third-order valence-corrected chi connectivity index (χ3v) is 4.50. The molecule has 1 aromatic rings. The van der Waals surface area contributed by atoms with Gasteiger partial charge in [-0.25, -0.2) is 4.79 Å². The predicted octanol–water partition coefficient (Wildman–Crippen LogP) is 4.66. The van der Waals surface area contributed by atoms with Crippen LogP contribution >= 0.6 is 0 Å². The van der Waals surface area contributed by atoms with Crippen LogP contribution in [0.5, 0.6) is 0 Å². The molecular weight excluding hydrogens is 354 g/mol. The van der Waals surface area contributed by atoms with Gasteiger partial charge in [-0.3, -0.25) is 4.90 Å². The van der Waals surface area contributed by atoms with Crippen molar-refractivity contribution in [3.8, 4) is 11.8 Å². The maximum Gasteiger partial charge on any atom is 0.413 e. The van der Waals surface area contributed by atoms with Gasteiger partial charge in [0.1, 0.15) is 5.60 Å². The highest BCUT2D eigenvalue weighted by Crippen LogP contribution is 2.33. The van der Waals surface area contributed by atoms with E-state index in [9.17, 15) is 9.90 Å². The fraction of sp³-hybridized carbons (Fsp3) is 0.609. The minimum absolute atomic E-state index is 0.295. The number of carbonyl (C=O) groups excluding carboxylic acids is 1. The smallest absolute Gasteiger partial charge is 0.413 e. The van der Waals surface area contributed by atoms with Gasteiger partial charge in [-0.15, -0.1) is 5.92 Å². The molecule has 2 rings (SSSR count). The van der Waals surface area contributed by atoms with Crippen molar-refractivity contribution in [3.05, 3.63) is 35.9 Å². The van der Waals surface area contributed by atoms with E-state index >= 15 is 0 Å². The molecule has 154 valence electrons. The Balaban J connectivity index is 2.13. The van der Waals surface area contributed by atoms with Crippen LogP contribution in [0.3, 0.4) is 0 Å². The Kier molecular flexibility index (Phi) is 8.35. The lowest BCUT2D eigenvalue weighted by atomic mass is 10.1. The lowest BCUT2D eigenvalue weighted by molar-refractivity contribution is -0.0520. The Bertz CT molecular complexity index is 671. The van der Waals surface area contributed by atoms with Gasteiger partial charge in [0.15, 0.2) is 12.3 Å². The summed E-state index contributed by atoms with van der Waals surface area (Å²) in [6, 6.07) is 9.33. The number of unbranched alkanes of at least 4 members (excludes halogenated alkanes) is 4. The van der Waals surface area contributed by atoms with E-state index in [-0.39, 0.29) is 6.04 Å². The lowest BCUT2D eigenvalue weighted by Gasteiger charge is -2.31. The number of hydrogen-bond acceptors (Lipinski definition) is 4. The van der Waals surface area contributed by atoms with E-state index in [2.05, 4.69) is 18.8 Å².